The topological polar surface area (TPSA) is 64.6 Å². The number of carbonyl (C=O) groups excluding carboxylic acids is 2. The molecule has 0 radical (unpaired) electrons. The van der Waals surface area contributed by atoms with E-state index in [0.29, 0.717) is 18.7 Å². The minimum Gasteiger partial charge on any atom is -0.483 e. The van der Waals surface area contributed by atoms with Crippen molar-refractivity contribution in [3.63, 3.8) is 0 Å². The van der Waals surface area contributed by atoms with E-state index >= 15 is 0 Å². The first-order chi connectivity index (χ1) is 12.2. The monoisotopic (exact) mass is 341 g/mol. The van der Waals surface area contributed by atoms with Gasteiger partial charge < -0.3 is 14.8 Å². The van der Waals surface area contributed by atoms with E-state index in [1.54, 1.807) is 0 Å². The molecule has 0 aliphatic carbocycles. The van der Waals surface area contributed by atoms with E-state index in [1.165, 1.54) is 12.7 Å². The number of rotatable bonds is 9. The summed E-state index contributed by atoms with van der Waals surface area (Å²) in [5, 5.41) is 2.73. The summed E-state index contributed by atoms with van der Waals surface area (Å²) in [6.45, 7) is 0.368. The maximum Gasteiger partial charge on any atom is 0.305 e. The van der Waals surface area contributed by atoms with Crippen LogP contribution < -0.4 is 10.1 Å². The Morgan fingerprint density at radius 1 is 1.00 bits per heavy atom. The summed E-state index contributed by atoms with van der Waals surface area (Å²) in [5.41, 5.74) is 2.22. The first-order valence-corrected chi connectivity index (χ1v) is 8.27. The highest BCUT2D eigenvalue weighted by atomic mass is 16.5. The number of amides is 1. The zero-order valence-corrected chi connectivity index (χ0v) is 14.4. The number of hydrogen-bond acceptors (Lipinski definition) is 4. The molecule has 5 heteroatoms. The number of esters is 1. The number of ether oxygens (including phenoxy) is 2. The summed E-state index contributed by atoms with van der Waals surface area (Å²) in [7, 11) is 1.35. The van der Waals surface area contributed by atoms with Crippen LogP contribution in [0.25, 0.3) is 0 Å². The third kappa shape index (κ3) is 6.67. The van der Waals surface area contributed by atoms with Gasteiger partial charge in [-0.15, -0.1) is 0 Å². The molecule has 5 nitrogen and oxygen atoms in total. The Balaban J connectivity index is 1.80. The van der Waals surface area contributed by atoms with E-state index in [9.17, 15) is 9.59 Å². The third-order valence-corrected chi connectivity index (χ3v) is 3.68. The Morgan fingerprint density at radius 2 is 1.72 bits per heavy atom. The molecule has 2 aromatic rings. The fraction of sp³-hybridized carbons (Fsp3) is 0.300. The molecule has 0 unspecified atom stereocenters. The lowest BCUT2D eigenvalue weighted by atomic mass is 10.0. The van der Waals surface area contributed by atoms with Crippen molar-refractivity contribution in [2.45, 2.75) is 19.3 Å². The minimum absolute atomic E-state index is 0.0516. The normalized spacial score (nSPS) is 10.1. The summed E-state index contributed by atoms with van der Waals surface area (Å²) in [6, 6.07) is 17.8. The zero-order valence-electron chi connectivity index (χ0n) is 14.4. The van der Waals surface area contributed by atoms with Gasteiger partial charge in [0, 0.05) is 19.4 Å². The lowest BCUT2D eigenvalue weighted by Crippen LogP contribution is -2.30. The van der Waals surface area contributed by atoms with Gasteiger partial charge in [-0.05, 0) is 23.6 Å². The van der Waals surface area contributed by atoms with Crippen LogP contribution in [0.5, 0.6) is 5.75 Å². The van der Waals surface area contributed by atoms with Crippen molar-refractivity contribution in [2.75, 3.05) is 20.3 Å². The molecule has 0 heterocycles. The van der Waals surface area contributed by atoms with Crippen molar-refractivity contribution in [1.82, 2.24) is 5.32 Å². The van der Waals surface area contributed by atoms with Crippen LogP contribution in [0.1, 0.15) is 24.0 Å². The molecule has 0 aliphatic heterocycles. The van der Waals surface area contributed by atoms with Crippen LogP contribution in [0.2, 0.25) is 0 Å². The highest BCUT2D eigenvalue weighted by Gasteiger charge is 2.07. The van der Waals surface area contributed by atoms with Gasteiger partial charge in [-0.2, -0.15) is 0 Å². The van der Waals surface area contributed by atoms with Crippen LogP contribution in [0.3, 0.4) is 0 Å². The Labute approximate surface area is 148 Å². The average Bonchev–Trinajstić information content (AvgIpc) is 2.65. The quantitative estimate of drug-likeness (QED) is 0.563. The molecule has 0 aromatic heterocycles. The van der Waals surface area contributed by atoms with E-state index in [4.69, 9.17) is 4.74 Å². The predicted molar refractivity (Wildman–Crippen MR) is 95.4 cm³/mol. The summed E-state index contributed by atoms with van der Waals surface area (Å²) in [6.07, 6.45) is 1.58. The van der Waals surface area contributed by atoms with Crippen molar-refractivity contribution in [3.05, 3.63) is 65.7 Å². The molecule has 25 heavy (non-hydrogen) atoms. The number of hydrogen-bond donors (Lipinski definition) is 1. The Hall–Kier alpha value is -2.82. The first kappa shape index (κ1) is 18.5. The van der Waals surface area contributed by atoms with E-state index in [-0.39, 0.29) is 24.9 Å². The fourth-order valence-corrected chi connectivity index (χ4v) is 2.36. The average molecular weight is 341 g/mol. The Kier molecular flexibility index (Phi) is 7.50. The lowest BCUT2D eigenvalue weighted by molar-refractivity contribution is -0.140. The third-order valence-electron chi connectivity index (χ3n) is 3.68. The van der Waals surface area contributed by atoms with E-state index in [1.807, 2.05) is 42.5 Å². The fourth-order valence-electron chi connectivity index (χ4n) is 2.36. The van der Waals surface area contributed by atoms with Crippen molar-refractivity contribution in [1.29, 1.82) is 0 Å². The largest absolute Gasteiger partial charge is 0.483 e. The minimum atomic E-state index is -0.277. The smallest absolute Gasteiger partial charge is 0.305 e. The summed E-state index contributed by atoms with van der Waals surface area (Å²) < 4.78 is 10.2. The molecule has 0 aliphatic rings. The van der Waals surface area contributed by atoms with Gasteiger partial charge >= 0.3 is 5.97 Å². The highest BCUT2D eigenvalue weighted by Crippen LogP contribution is 2.21. The Bertz CT molecular complexity index is 685. The number of nitrogens with one attached hydrogen (secondary N) is 1. The van der Waals surface area contributed by atoms with Crippen molar-refractivity contribution in [3.8, 4) is 5.75 Å². The van der Waals surface area contributed by atoms with Crippen LogP contribution in [0.4, 0.5) is 0 Å². The van der Waals surface area contributed by atoms with E-state index in [2.05, 4.69) is 22.2 Å². The van der Waals surface area contributed by atoms with Crippen LogP contribution in [0.15, 0.2) is 54.6 Å². The molecule has 0 atom stereocenters. The lowest BCUT2D eigenvalue weighted by Gasteiger charge is -2.11. The number of benzene rings is 2. The van der Waals surface area contributed by atoms with Crippen molar-refractivity contribution in [2.24, 2.45) is 0 Å². The van der Waals surface area contributed by atoms with E-state index in [0.717, 1.165) is 12.0 Å². The molecular formula is C20H23NO4. The van der Waals surface area contributed by atoms with Crippen LogP contribution >= 0.6 is 0 Å². The molecule has 2 rings (SSSR count). The molecule has 132 valence electrons. The maximum absolute atomic E-state index is 11.8. The zero-order chi connectivity index (χ0) is 17.9. The Morgan fingerprint density at radius 3 is 2.48 bits per heavy atom. The van der Waals surface area contributed by atoms with Gasteiger partial charge in [-0.25, -0.2) is 0 Å². The standard InChI is InChI=1S/C20H23NO4/c1-24-20(23)12-7-13-21-19(22)15-25-18-11-6-5-10-17(18)14-16-8-3-2-4-9-16/h2-6,8-11H,7,12-15H2,1H3,(H,21,22). The molecule has 1 amide bonds. The SMILES string of the molecule is COC(=O)CCCNC(=O)COc1ccccc1Cc1ccccc1. The second kappa shape index (κ2) is 10.1. The molecular weight excluding hydrogens is 318 g/mol. The van der Waals surface area contributed by atoms with Crippen molar-refractivity contribution < 1.29 is 19.1 Å². The maximum atomic E-state index is 11.8. The van der Waals surface area contributed by atoms with Crippen molar-refractivity contribution >= 4 is 11.9 Å². The van der Waals surface area contributed by atoms with Gasteiger partial charge in [0.25, 0.3) is 5.91 Å². The van der Waals surface area contributed by atoms with Gasteiger partial charge in [0.15, 0.2) is 6.61 Å². The van der Waals surface area contributed by atoms with Crippen LogP contribution in [-0.2, 0) is 20.7 Å². The number of carbonyl (C=O) groups is 2. The first-order valence-electron chi connectivity index (χ1n) is 8.27. The molecule has 0 bridgehead atoms. The molecule has 1 N–H and O–H groups in total. The predicted octanol–water partition coefficient (Wildman–Crippen LogP) is 2.73. The molecule has 2 aromatic carbocycles. The van der Waals surface area contributed by atoms with Gasteiger partial charge in [0.2, 0.25) is 0 Å². The van der Waals surface area contributed by atoms with Gasteiger partial charge in [0.1, 0.15) is 5.75 Å². The van der Waals surface area contributed by atoms with Crippen LogP contribution in [0, 0.1) is 0 Å². The van der Waals surface area contributed by atoms with Crippen LogP contribution in [-0.4, -0.2) is 32.1 Å². The van der Waals surface area contributed by atoms with Gasteiger partial charge in [-0.3, -0.25) is 9.59 Å². The molecule has 0 saturated carbocycles. The summed E-state index contributed by atoms with van der Waals surface area (Å²) >= 11 is 0. The molecule has 0 spiro atoms. The second-order valence-corrected chi connectivity index (χ2v) is 5.59. The second-order valence-electron chi connectivity index (χ2n) is 5.59. The summed E-state index contributed by atoms with van der Waals surface area (Å²) in [5.74, 6) is 0.218. The highest BCUT2D eigenvalue weighted by molar-refractivity contribution is 5.77. The van der Waals surface area contributed by atoms with E-state index < -0.39 is 0 Å². The number of methoxy groups -OCH3 is 1. The van der Waals surface area contributed by atoms with Gasteiger partial charge in [0.05, 0.1) is 7.11 Å². The molecule has 0 fully saturated rings. The van der Waals surface area contributed by atoms with Gasteiger partial charge in [-0.1, -0.05) is 48.5 Å². The summed E-state index contributed by atoms with van der Waals surface area (Å²) in [4.78, 5) is 22.8. The molecule has 0 saturated heterocycles. The number of para-hydroxylation sites is 1.